The number of para-hydroxylation sites is 1. The third-order valence-corrected chi connectivity index (χ3v) is 8.15. The van der Waals surface area contributed by atoms with Crippen LogP contribution >= 0.6 is 0 Å². The molecule has 2 aromatic rings. The molecule has 0 amide bonds. The topological polar surface area (TPSA) is 91.4 Å². The number of rotatable bonds is 4. The molecule has 0 aliphatic carbocycles. The zero-order valence-electron chi connectivity index (χ0n) is 18.7. The summed E-state index contributed by atoms with van der Waals surface area (Å²) in [4.78, 5) is 15.3. The van der Waals surface area contributed by atoms with Crippen LogP contribution in [0.5, 0.6) is 23.0 Å². The maximum atomic E-state index is 13.3. The van der Waals surface area contributed by atoms with Crippen LogP contribution in [-0.2, 0) is 16.4 Å². The Hall–Kier alpha value is -3.04. The first-order valence-corrected chi connectivity index (χ1v) is 12.5. The quantitative estimate of drug-likeness (QED) is 0.629. The zero-order valence-corrected chi connectivity index (χ0v) is 19.5. The fraction of sp³-hybridized carbons (Fsp3) is 0.375. The molecule has 1 atom stereocenters. The van der Waals surface area contributed by atoms with Gasteiger partial charge in [-0.3, -0.25) is 9.69 Å². The van der Waals surface area contributed by atoms with E-state index in [9.17, 15) is 13.2 Å². The van der Waals surface area contributed by atoms with E-state index in [2.05, 4.69) is 0 Å². The van der Waals surface area contributed by atoms with Gasteiger partial charge in [0.1, 0.15) is 18.2 Å². The summed E-state index contributed by atoms with van der Waals surface area (Å²) in [5.41, 5.74) is 2.70. The number of methoxy groups -OCH3 is 2. The number of carbonyl (C=O) groups is 1. The summed E-state index contributed by atoms with van der Waals surface area (Å²) in [5.74, 6) is 2.50. The van der Waals surface area contributed by atoms with Crippen molar-refractivity contribution in [2.24, 2.45) is 0 Å². The molecule has 2 aromatic carbocycles. The number of sulfone groups is 1. The minimum absolute atomic E-state index is 0.103. The highest BCUT2D eigenvalue weighted by Crippen LogP contribution is 2.45. The van der Waals surface area contributed by atoms with Crippen molar-refractivity contribution in [1.29, 1.82) is 0 Å². The summed E-state index contributed by atoms with van der Waals surface area (Å²) < 4.78 is 46.8. The van der Waals surface area contributed by atoms with Crippen LogP contribution in [0.25, 0.3) is 6.08 Å². The number of aryl methyl sites for hydroxylation is 1. The molecule has 3 heterocycles. The van der Waals surface area contributed by atoms with Gasteiger partial charge >= 0.3 is 0 Å². The highest BCUT2D eigenvalue weighted by Gasteiger charge is 2.39. The summed E-state index contributed by atoms with van der Waals surface area (Å²) in [5, 5.41) is 0. The van der Waals surface area contributed by atoms with Crippen LogP contribution in [0.4, 0.5) is 0 Å². The van der Waals surface area contributed by atoms with E-state index in [1.54, 1.807) is 26.4 Å². The molecule has 174 valence electrons. The van der Waals surface area contributed by atoms with Crippen molar-refractivity contribution in [2.45, 2.75) is 25.9 Å². The molecule has 8 nitrogen and oxygen atoms in total. The maximum Gasteiger partial charge on any atom is 0.232 e. The van der Waals surface area contributed by atoms with Gasteiger partial charge in [0.2, 0.25) is 5.78 Å². The van der Waals surface area contributed by atoms with Crippen LogP contribution in [0.15, 0.2) is 30.0 Å². The van der Waals surface area contributed by atoms with Gasteiger partial charge in [0.15, 0.2) is 27.1 Å². The molecule has 0 saturated carbocycles. The molecule has 33 heavy (non-hydrogen) atoms. The van der Waals surface area contributed by atoms with E-state index < -0.39 is 9.84 Å². The van der Waals surface area contributed by atoms with Gasteiger partial charge in [-0.2, -0.15) is 0 Å². The molecule has 0 aromatic heterocycles. The average Bonchev–Trinajstić information content (AvgIpc) is 3.33. The van der Waals surface area contributed by atoms with E-state index in [-0.39, 0.29) is 29.1 Å². The summed E-state index contributed by atoms with van der Waals surface area (Å²) in [6.07, 6.45) is 2.23. The van der Waals surface area contributed by atoms with Crippen molar-refractivity contribution in [3.63, 3.8) is 0 Å². The lowest BCUT2D eigenvalue weighted by molar-refractivity contribution is 0.0633. The Labute approximate surface area is 192 Å². The minimum Gasteiger partial charge on any atom is -0.493 e. The predicted molar refractivity (Wildman–Crippen MR) is 122 cm³/mol. The number of benzene rings is 2. The molecule has 9 heteroatoms. The average molecular weight is 472 g/mol. The smallest absolute Gasteiger partial charge is 0.232 e. The van der Waals surface area contributed by atoms with Crippen LogP contribution in [-0.4, -0.2) is 57.6 Å². The Morgan fingerprint density at radius 1 is 1.21 bits per heavy atom. The summed E-state index contributed by atoms with van der Waals surface area (Å²) in [6.45, 7) is 2.62. The number of hydrogen-bond acceptors (Lipinski definition) is 8. The van der Waals surface area contributed by atoms with Crippen LogP contribution in [0.2, 0.25) is 0 Å². The third kappa shape index (κ3) is 3.75. The molecule has 1 saturated heterocycles. The van der Waals surface area contributed by atoms with E-state index in [1.807, 2.05) is 30.0 Å². The Bertz CT molecular complexity index is 1280. The SMILES string of the molecule is COc1cccc(/C=C2\Oc3c4c(cc(C)c3C2=O)OCN(C2CCS(=O)(=O)C2)C4)c1OC. The molecule has 1 unspecified atom stereocenters. The first kappa shape index (κ1) is 21.8. The first-order chi connectivity index (χ1) is 15.8. The van der Waals surface area contributed by atoms with Gasteiger partial charge < -0.3 is 18.9 Å². The van der Waals surface area contributed by atoms with Crippen molar-refractivity contribution in [3.05, 3.63) is 52.3 Å². The molecule has 3 aliphatic heterocycles. The van der Waals surface area contributed by atoms with Gasteiger partial charge in [0.25, 0.3) is 0 Å². The normalized spacial score (nSPS) is 22.5. The van der Waals surface area contributed by atoms with Gasteiger partial charge in [0, 0.05) is 18.2 Å². The molecule has 0 radical (unpaired) electrons. The molecule has 3 aliphatic rings. The second kappa shape index (κ2) is 8.07. The lowest BCUT2D eigenvalue weighted by atomic mass is 9.98. The predicted octanol–water partition coefficient (Wildman–Crippen LogP) is 2.97. The Balaban J connectivity index is 1.51. The maximum absolute atomic E-state index is 13.3. The van der Waals surface area contributed by atoms with Crippen LogP contribution < -0.4 is 18.9 Å². The number of nitrogens with zero attached hydrogens (tertiary/aromatic N) is 1. The lowest BCUT2D eigenvalue weighted by Crippen LogP contribution is -2.41. The minimum atomic E-state index is -3.02. The molecule has 0 spiro atoms. The third-order valence-electron chi connectivity index (χ3n) is 6.40. The van der Waals surface area contributed by atoms with E-state index in [1.165, 1.54) is 0 Å². The highest BCUT2D eigenvalue weighted by molar-refractivity contribution is 7.91. The van der Waals surface area contributed by atoms with Crippen molar-refractivity contribution in [3.8, 4) is 23.0 Å². The molecule has 0 bridgehead atoms. The molecular formula is C24H25NO7S. The number of ketones is 1. The van der Waals surface area contributed by atoms with Crippen LogP contribution in [0.3, 0.4) is 0 Å². The zero-order chi connectivity index (χ0) is 23.3. The number of hydrogen-bond donors (Lipinski definition) is 0. The monoisotopic (exact) mass is 471 g/mol. The van der Waals surface area contributed by atoms with E-state index >= 15 is 0 Å². The largest absolute Gasteiger partial charge is 0.493 e. The van der Waals surface area contributed by atoms with Gasteiger partial charge in [-0.05, 0) is 37.1 Å². The van der Waals surface area contributed by atoms with Crippen molar-refractivity contribution >= 4 is 21.7 Å². The number of carbonyl (C=O) groups excluding carboxylic acids is 1. The van der Waals surface area contributed by atoms with E-state index in [0.717, 1.165) is 11.1 Å². The van der Waals surface area contributed by atoms with Gasteiger partial charge in [-0.25, -0.2) is 8.42 Å². The Morgan fingerprint density at radius 2 is 2.03 bits per heavy atom. The van der Waals surface area contributed by atoms with Gasteiger partial charge in [-0.1, -0.05) is 12.1 Å². The van der Waals surface area contributed by atoms with Crippen molar-refractivity contribution < 1.29 is 32.2 Å². The Morgan fingerprint density at radius 3 is 2.73 bits per heavy atom. The van der Waals surface area contributed by atoms with Gasteiger partial charge in [-0.15, -0.1) is 0 Å². The Kier molecular flexibility index (Phi) is 5.33. The summed E-state index contributed by atoms with van der Waals surface area (Å²) in [7, 11) is 0.0789. The number of ether oxygens (including phenoxy) is 4. The molecule has 5 rings (SSSR count). The van der Waals surface area contributed by atoms with E-state index in [4.69, 9.17) is 18.9 Å². The summed E-state index contributed by atoms with van der Waals surface area (Å²) >= 11 is 0. The van der Waals surface area contributed by atoms with E-state index in [0.29, 0.717) is 53.8 Å². The molecule has 0 N–H and O–H groups in total. The lowest BCUT2D eigenvalue weighted by Gasteiger charge is -2.33. The first-order valence-electron chi connectivity index (χ1n) is 10.7. The fourth-order valence-electron chi connectivity index (χ4n) is 4.71. The highest BCUT2D eigenvalue weighted by atomic mass is 32.2. The van der Waals surface area contributed by atoms with Crippen LogP contribution in [0, 0.1) is 6.92 Å². The number of Topliss-reactive ketones (excluding diaryl/α,β-unsaturated/α-hetero) is 1. The summed E-state index contributed by atoms with van der Waals surface area (Å²) in [6, 6.07) is 7.17. The second-order valence-electron chi connectivity index (χ2n) is 8.47. The second-order valence-corrected chi connectivity index (χ2v) is 10.7. The molecule has 1 fully saturated rings. The standard InChI is InChI=1S/C24H25NO7S/c1-14-9-19-17(11-25(13-31-19)16-7-8-33(27,28)12-16)24-21(14)22(26)20(32-24)10-15-5-4-6-18(29-2)23(15)30-3/h4-6,9-10,16H,7-8,11-13H2,1-3H3/b20-10-. The fourth-order valence-corrected chi connectivity index (χ4v) is 6.47. The number of fused-ring (bicyclic) bond motifs is 3. The van der Waals surface area contributed by atoms with Crippen molar-refractivity contribution in [2.75, 3.05) is 32.5 Å². The number of allylic oxidation sites excluding steroid dienone is 1. The van der Waals surface area contributed by atoms with Crippen LogP contribution in [0.1, 0.15) is 33.5 Å². The van der Waals surface area contributed by atoms with Crippen molar-refractivity contribution in [1.82, 2.24) is 4.90 Å². The van der Waals surface area contributed by atoms with Gasteiger partial charge in [0.05, 0.1) is 36.9 Å². The molecular weight excluding hydrogens is 446 g/mol.